The standard InChI is InChI=1S/C17H27N5OS/c1-3-13-10-20-15(24-13)5-7-19-16(18-2)22-8-4-6-17(12-22)9-14(23)21-11-17/h10H,3-9,11-12H2,1-2H3,(H,18,19)(H,21,23). The molecule has 2 saturated heterocycles. The third kappa shape index (κ3) is 3.88. The molecule has 1 spiro atoms. The monoisotopic (exact) mass is 349 g/mol. The molecule has 2 aliphatic rings. The summed E-state index contributed by atoms with van der Waals surface area (Å²) in [6, 6.07) is 0. The SMILES string of the molecule is CCc1cnc(CCNC(=NC)N2CCCC3(CNC(=O)C3)C2)s1. The van der Waals surface area contributed by atoms with Crippen molar-refractivity contribution in [1.82, 2.24) is 20.5 Å². The summed E-state index contributed by atoms with van der Waals surface area (Å²) < 4.78 is 0. The van der Waals surface area contributed by atoms with Crippen LogP contribution in [0.4, 0.5) is 0 Å². The number of thiazole rings is 1. The summed E-state index contributed by atoms with van der Waals surface area (Å²) in [7, 11) is 1.83. The van der Waals surface area contributed by atoms with Gasteiger partial charge >= 0.3 is 0 Å². The van der Waals surface area contributed by atoms with E-state index in [-0.39, 0.29) is 11.3 Å². The number of piperidine rings is 1. The van der Waals surface area contributed by atoms with Crippen molar-refractivity contribution in [2.45, 2.75) is 39.0 Å². The lowest BCUT2D eigenvalue weighted by atomic mass is 9.79. The smallest absolute Gasteiger partial charge is 0.220 e. The molecule has 1 amide bonds. The third-order valence-corrected chi connectivity index (χ3v) is 6.14. The molecule has 7 heteroatoms. The molecule has 3 rings (SSSR count). The number of aromatic nitrogens is 1. The van der Waals surface area contributed by atoms with Gasteiger partial charge in [-0.15, -0.1) is 11.3 Å². The van der Waals surface area contributed by atoms with Crippen molar-refractivity contribution < 1.29 is 4.79 Å². The van der Waals surface area contributed by atoms with Crippen molar-refractivity contribution in [1.29, 1.82) is 0 Å². The van der Waals surface area contributed by atoms with E-state index in [1.807, 2.05) is 13.2 Å². The topological polar surface area (TPSA) is 69.6 Å². The molecule has 2 N–H and O–H groups in total. The predicted molar refractivity (Wildman–Crippen MR) is 97.4 cm³/mol. The van der Waals surface area contributed by atoms with Crippen LogP contribution < -0.4 is 10.6 Å². The predicted octanol–water partition coefficient (Wildman–Crippen LogP) is 1.43. The van der Waals surface area contributed by atoms with Gasteiger partial charge < -0.3 is 15.5 Å². The number of guanidine groups is 1. The Morgan fingerprint density at radius 3 is 3.12 bits per heavy atom. The van der Waals surface area contributed by atoms with Gasteiger partial charge in [-0.2, -0.15) is 0 Å². The highest BCUT2D eigenvalue weighted by Gasteiger charge is 2.42. The van der Waals surface area contributed by atoms with Gasteiger partial charge in [-0.25, -0.2) is 4.98 Å². The van der Waals surface area contributed by atoms with Crippen LogP contribution in [0.5, 0.6) is 0 Å². The molecule has 6 nitrogen and oxygen atoms in total. The number of rotatable bonds is 4. The second-order valence-corrected chi connectivity index (χ2v) is 7.98. The van der Waals surface area contributed by atoms with Gasteiger partial charge in [-0.05, 0) is 19.3 Å². The van der Waals surface area contributed by atoms with Crippen molar-refractivity contribution in [3.05, 3.63) is 16.1 Å². The third-order valence-electron chi connectivity index (χ3n) is 4.94. The van der Waals surface area contributed by atoms with Crippen LogP contribution in [0.15, 0.2) is 11.2 Å². The van der Waals surface area contributed by atoms with E-state index >= 15 is 0 Å². The van der Waals surface area contributed by atoms with Crippen molar-refractivity contribution in [2.75, 3.05) is 33.2 Å². The first kappa shape index (κ1) is 17.2. The number of amides is 1. The van der Waals surface area contributed by atoms with Crippen LogP contribution in [0.3, 0.4) is 0 Å². The van der Waals surface area contributed by atoms with Crippen molar-refractivity contribution in [3.8, 4) is 0 Å². The van der Waals surface area contributed by atoms with Gasteiger partial charge in [-0.3, -0.25) is 9.79 Å². The number of hydrogen-bond acceptors (Lipinski definition) is 4. The number of hydrogen-bond donors (Lipinski definition) is 2. The molecule has 3 heterocycles. The van der Waals surface area contributed by atoms with Gasteiger partial charge in [0.05, 0.1) is 5.01 Å². The van der Waals surface area contributed by atoms with Crippen LogP contribution in [0, 0.1) is 5.41 Å². The average Bonchev–Trinajstić information content (AvgIpc) is 3.18. The molecule has 24 heavy (non-hydrogen) atoms. The minimum atomic E-state index is 0.0955. The zero-order chi connectivity index (χ0) is 17.0. The summed E-state index contributed by atoms with van der Waals surface area (Å²) in [5.74, 6) is 1.14. The summed E-state index contributed by atoms with van der Waals surface area (Å²) in [5.41, 5.74) is 0.0955. The first-order valence-corrected chi connectivity index (χ1v) is 9.62. The molecule has 132 valence electrons. The number of carbonyl (C=O) groups is 1. The highest BCUT2D eigenvalue weighted by molar-refractivity contribution is 7.11. The molecule has 1 aromatic heterocycles. The quantitative estimate of drug-likeness (QED) is 0.637. The molecule has 2 aliphatic heterocycles. The van der Waals surface area contributed by atoms with Crippen molar-refractivity contribution in [3.63, 3.8) is 0 Å². The van der Waals surface area contributed by atoms with Crippen LogP contribution >= 0.6 is 11.3 Å². The highest BCUT2D eigenvalue weighted by atomic mass is 32.1. The van der Waals surface area contributed by atoms with Gasteiger partial charge in [0.2, 0.25) is 5.91 Å². The molecule has 1 atom stereocenters. The van der Waals surface area contributed by atoms with E-state index in [9.17, 15) is 4.79 Å². The van der Waals surface area contributed by atoms with Crippen LogP contribution in [0.25, 0.3) is 0 Å². The number of nitrogens with zero attached hydrogens (tertiary/aromatic N) is 3. The Kier molecular flexibility index (Phi) is 5.38. The van der Waals surface area contributed by atoms with Gasteiger partial charge in [-0.1, -0.05) is 6.92 Å². The molecule has 0 bridgehead atoms. The van der Waals surface area contributed by atoms with Crippen molar-refractivity contribution >= 4 is 23.2 Å². The summed E-state index contributed by atoms with van der Waals surface area (Å²) >= 11 is 1.79. The average molecular weight is 350 g/mol. The minimum absolute atomic E-state index is 0.0955. The molecule has 0 radical (unpaired) electrons. The maximum Gasteiger partial charge on any atom is 0.220 e. The van der Waals surface area contributed by atoms with Crippen LogP contribution in [0.2, 0.25) is 0 Å². The van der Waals surface area contributed by atoms with Crippen LogP contribution in [-0.4, -0.2) is 55.0 Å². The molecule has 2 fully saturated rings. The maximum absolute atomic E-state index is 11.6. The Hall–Kier alpha value is -1.63. The fourth-order valence-electron chi connectivity index (χ4n) is 3.67. The Morgan fingerprint density at radius 2 is 2.46 bits per heavy atom. The minimum Gasteiger partial charge on any atom is -0.356 e. The summed E-state index contributed by atoms with van der Waals surface area (Å²) in [6.45, 7) is 5.71. The largest absolute Gasteiger partial charge is 0.356 e. The van der Waals surface area contributed by atoms with Crippen molar-refractivity contribution in [2.24, 2.45) is 10.4 Å². The molecule has 0 saturated carbocycles. The fourth-order valence-corrected chi connectivity index (χ4v) is 4.53. The molecule has 1 unspecified atom stereocenters. The zero-order valence-corrected chi connectivity index (χ0v) is 15.4. The number of aliphatic imine (C=N–C) groups is 1. The van der Waals surface area contributed by atoms with Gasteiger partial charge in [0.1, 0.15) is 0 Å². The summed E-state index contributed by atoms with van der Waals surface area (Å²) in [6.07, 6.45) is 6.84. The number of carbonyl (C=O) groups excluding carboxylic acids is 1. The fraction of sp³-hybridized carbons (Fsp3) is 0.706. The highest BCUT2D eigenvalue weighted by Crippen LogP contribution is 2.35. The van der Waals surface area contributed by atoms with E-state index in [1.165, 1.54) is 9.88 Å². The molecular formula is C17H27N5OS. The normalized spacial score (nSPS) is 24.5. The summed E-state index contributed by atoms with van der Waals surface area (Å²) in [5, 5.41) is 7.64. The first-order chi connectivity index (χ1) is 11.6. The second kappa shape index (κ2) is 7.51. The lowest BCUT2D eigenvalue weighted by molar-refractivity contribution is -0.119. The first-order valence-electron chi connectivity index (χ1n) is 8.80. The van der Waals surface area contributed by atoms with Gasteiger partial charge in [0, 0.05) is 62.6 Å². The number of likely N-dealkylation sites (tertiary alicyclic amines) is 1. The van der Waals surface area contributed by atoms with E-state index in [1.54, 1.807) is 11.3 Å². The lowest BCUT2D eigenvalue weighted by Gasteiger charge is -2.40. The number of aryl methyl sites for hydroxylation is 1. The van der Waals surface area contributed by atoms with E-state index < -0.39 is 0 Å². The van der Waals surface area contributed by atoms with E-state index in [0.717, 1.165) is 57.8 Å². The molecule has 1 aromatic rings. The Morgan fingerprint density at radius 1 is 1.58 bits per heavy atom. The van der Waals surface area contributed by atoms with Gasteiger partial charge in [0.15, 0.2) is 5.96 Å². The summed E-state index contributed by atoms with van der Waals surface area (Å²) in [4.78, 5) is 24.2. The van der Waals surface area contributed by atoms with Gasteiger partial charge in [0.25, 0.3) is 0 Å². The van der Waals surface area contributed by atoms with E-state index in [2.05, 4.69) is 32.4 Å². The lowest BCUT2D eigenvalue weighted by Crippen LogP contribution is -2.51. The Bertz CT molecular complexity index is 614. The van der Waals surface area contributed by atoms with Crippen LogP contribution in [-0.2, 0) is 17.6 Å². The number of nitrogens with one attached hydrogen (secondary N) is 2. The molecule has 0 aromatic carbocycles. The Balaban J connectivity index is 1.53. The molecular weight excluding hydrogens is 322 g/mol. The Labute approximate surface area is 147 Å². The van der Waals surface area contributed by atoms with E-state index in [4.69, 9.17) is 0 Å². The zero-order valence-electron chi connectivity index (χ0n) is 14.6. The molecule has 0 aliphatic carbocycles. The maximum atomic E-state index is 11.6. The van der Waals surface area contributed by atoms with Crippen LogP contribution in [0.1, 0.15) is 36.1 Å². The second-order valence-electron chi connectivity index (χ2n) is 6.78. The van der Waals surface area contributed by atoms with E-state index in [0.29, 0.717) is 6.42 Å².